The first-order chi connectivity index (χ1) is 17.5. The number of benzene rings is 2. The Morgan fingerprint density at radius 3 is 2.50 bits per heavy atom. The van der Waals surface area contributed by atoms with Gasteiger partial charge in [0.25, 0.3) is 0 Å². The van der Waals surface area contributed by atoms with Crippen LogP contribution in [0.5, 0.6) is 0 Å². The van der Waals surface area contributed by atoms with E-state index in [0.29, 0.717) is 6.42 Å². The Hall–Kier alpha value is -2.92. The standard InChI is InChI=1S/C31H35N3O2/c35-27(19-25-23-9-4-5-10-24(23)26-20-32-21-34(25)26)29-11-6-12-30(15-13-29,16-14-29)28(36)33-31(17-18-31)22-7-2-1-3-8-22/h1-5,7-10,20-21,25,27,35H,6,11-19H2,(H,33,36). The summed E-state index contributed by atoms with van der Waals surface area (Å²) in [6.45, 7) is 0. The molecule has 2 aromatic carbocycles. The van der Waals surface area contributed by atoms with Crippen molar-refractivity contribution in [3.8, 4) is 11.3 Å². The summed E-state index contributed by atoms with van der Waals surface area (Å²) in [5.74, 6) is 0.252. The fourth-order valence-electron chi connectivity index (χ4n) is 7.70. The quantitative estimate of drug-likeness (QED) is 0.472. The number of rotatable bonds is 6. The van der Waals surface area contributed by atoms with Crippen LogP contribution in [0.25, 0.3) is 11.3 Å². The van der Waals surface area contributed by atoms with E-state index < -0.39 is 0 Å². The van der Waals surface area contributed by atoms with E-state index >= 15 is 0 Å². The maximum absolute atomic E-state index is 13.8. The van der Waals surface area contributed by atoms with Crippen LogP contribution in [0, 0.1) is 10.8 Å². The van der Waals surface area contributed by atoms with Crippen LogP contribution in [0.15, 0.2) is 67.1 Å². The molecule has 0 saturated heterocycles. The molecule has 1 aromatic heterocycles. The van der Waals surface area contributed by atoms with Crippen LogP contribution in [0.1, 0.15) is 81.4 Å². The lowest BCUT2D eigenvalue weighted by molar-refractivity contribution is -0.136. The number of aromatic nitrogens is 2. The first kappa shape index (κ1) is 22.3. The van der Waals surface area contributed by atoms with Crippen LogP contribution in [0.4, 0.5) is 0 Å². The maximum Gasteiger partial charge on any atom is 0.226 e. The van der Waals surface area contributed by atoms with Gasteiger partial charge in [-0.2, -0.15) is 0 Å². The topological polar surface area (TPSA) is 67.2 Å². The van der Waals surface area contributed by atoms with Crippen LogP contribution >= 0.6 is 0 Å². The number of aliphatic hydroxyl groups excluding tert-OH is 1. The third kappa shape index (κ3) is 3.32. The fraction of sp³-hybridized carbons (Fsp3) is 0.484. The molecule has 2 bridgehead atoms. The minimum absolute atomic E-state index is 0.0880. The Balaban J connectivity index is 1.08. The van der Waals surface area contributed by atoms with E-state index in [0.717, 1.165) is 63.5 Å². The van der Waals surface area contributed by atoms with Crippen LogP contribution in [-0.4, -0.2) is 26.7 Å². The van der Waals surface area contributed by atoms with Crippen molar-refractivity contribution in [1.29, 1.82) is 0 Å². The normalized spacial score (nSPS) is 30.2. The van der Waals surface area contributed by atoms with Crippen molar-refractivity contribution in [3.63, 3.8) is 0 Å². The smallest absolute Gasteiger partial charge is 0.226 e. The molecule has 5 aliphatic rings. The first-order valence-corrected chi connectivity index (χ1v) is 13.7. The van der Waals surface area contributed by atoms with E-state index in [2.05, 4.69) is 63.4 Å². The van der Waals surface area contributed by atoms with Gasteiger partial charge in [0, 0.05) is 11.0 Å². The summed E-state index contributed by atoms with van der Waals surface area (Å²) in [5.41, 5.74) is 4.38. The number of imidazole rings is 1. The van der Waals surface area contributed by atoms with Crippen LogP contribution in [0.2, 0.25) is 0 Å². The highest BCUT2D eigenvalue weighted by molar-refractivity contribution is 5.84. The predicted octanol–water partition coefficient (Wildman–Crippen LogP) is 5.74. The average molecular weight is 482 g/mol. The van der Waals surface area contributed by atoms with E-state index in [1.165, 1.54) is 16.7 Å². The van der Waals surface area contributed by atoms with E-state index in [1.54, 1.807) is 0 Å². The van der Waals surface area contributed by atoms with Gasteiger partial charge >= 0.3 is 0 Å². The Morgan fingerprint density at radius 1 is 0.972 bits per heavy atom. The molecule has 4 fully saturated rings. The number of hydrogen-bond acceptors (Lipinski definition) is 3. The Morgan fingerprint density at radius 2 is 1.72 bits per heavy atom. The number of carbonyl (C=O) groups excluding carboxylic acids is 1. The van der Waals surface area contributed by atoms with Crippen molar-refractivity contribution in [2.24, 2.45) is 10.8 Å². The molecule has 36 heavy (non-hydrogen) atoms. The predicted molar refractivity (Wildman–Crippen MR) is 139 cm³/mol. The summed E-state index contributed by atoms with van der Waals surface area (Å²) >= 11 is 0. The lowest BCUT2D eigenvalue weighted by Gasteiger charge is -2.45. The molecule has 0 spiro atoms. The number of nitrogens with one attached hydrogen (secondary N) is 1. The number of carbonyl (C=O) groups is 1. The summed E-state index contributed by atoms with van der Waals surface area (Å²) in [4.78, 5) is 18.2. The second kappa shape index (κ2) is 8.04. The SMILES string of the molecule is O=C(NC1(c2ccccc2)CC1)C12CCCC(C(O)CC3c4ccccc4-c4cncn43)(CC1)CC2. The molecular formula is C31H35N3O2. The van der Waals surface area contributed by atoms with Gasteiger partial charge in [0.05, 0.1) is 35.9 Å². The molecule has 0 radical (unpaired) electrons. The molecular weight excluding hydrogens is 446 g/mol. The summed E-state index contributed by atoms with van der Waals surface area (Å²) in [6.07, 6.45) is 12.8. The molecule has 4 saturated carbocycles. The Bertz CT molecular complexity index is 1280. The van der Waals surface area contributed by atoms with Crippen molar-refractivity contribution >= 4 is 5.91 Å². The number of fused-ring (bicyclic) bond motifs is 7. The molecule has 3 aromatic rings. The molecule has 2 heterocycles. The number of amides is 1. The number of aliphatic hydroxyl groups is 1. The van der Waals surface area contributed by atoms with Crippen molar-refractivity contribution in [2.45, 2.75) is 81.9 Å². The van der Waals surface area contributed by atoms with Gasteiger partial charge in [-0.1, -0.05) is 61.0 Å². The Kier molecular flexibility index (Phi) is 4.98. The maximum atomic E-state index is 13.8. The highest BCUT2D eigenvalue weighted by Gasteiger charge is 2.55. The van der Waals surface area contributed by atoms with E-state index in [1.807, 2.05) is 18.6 Å². The highest BCUT2D eigenvalue weighted by Crippen LogP contribution is 2.58. The zero-order valence-corrected chi connectivity index (χ0v) is 20.8. The van der Waals surface area contributed by atoms with E-state index in [4.69, 9.17) is 0 Å². The lowest BCUT2D eigenvalue weighted by atomic mass is 9.62. The van der Waals surface area contributed by atoms with Crippen LogP contribution < -0.4 is 5.32 Å². The van der Waals surface area contributed by atoms with Crippen LogP contribution in [0.3, 0.4) is 0 Å². The van der Waals surface area contributed by atoms with Gasteiger partial charge in [-0.3, -0.25) is 4.79 Å². The van der Waals surface area contributed by atoms with E-state index in [9.17, 15) is 9.90 Å². The van der Waals surface area contributed by atoms with Gasteiger partial charge in [0.1, 0.15) is 0 Å². The fourth-order valence-corrected chi connectivity index (χ4v) is 7.70. The first-order valence-electron chi connectivity index (χ1n) is 13.7. The van der Waals surface area contributed by atoms with E-state index in [-0.39, 0.29) is 34.4 Å². The molecule has 5 nitrogen and oxygen atoms in total. The largest absolute Gasteiger partial charge is 0.392 e. The average Bonchev–Trinajstić information content (AvgIpc) is 3.56. The zero-order chi connectivity index (χ0) is 24.4. The Labute approximate surface area is 213 Å². The molecule has 1 aliphatic heterocycles. The molecule has 2 atom stereocenters. The summed E-state index contributed by atoms with van der Waals surface area (Å²) in [5, 5.41) is 15.3. The molecule has 1 amide bonds. The molecule has 2 unspecified atom stereocenters. The second-order valence-corrected chi connectivity index (χ2v) is 11.9. The van der Waals surface area contributed by atoms with Gasteiger partial charge in [0.2, 0.25) is 5.91 Å². The molecule has 2 N–H and O–H groups in total. The molecule has 186 valence electrons. The number of nitrogens with zero attached hydrogens (tertiary/aromatic N) is 2. The van der Waals surface area contributed by atoms with Gasteiger partial charge in [0.15, 0.2) is 0 Å². The van der Waals surface area contributed by atoms with Gasteiger partial charge < -0.3 is 15.0 Å². The van der Waals surface area contributed by atoms with Crippen LogP contribution in [-0.2, 0) is 10.3 Å². The van der Waals surface area contributed by atoms with Crippen molar-refractivity contribution < 1.29 is 9.90 Å². The minimum atomic E-state index is -0.387. The number of hydrogen-bond donors (Lipinski definition) is 2. The highest BCUT2D eigenvalue weighted by atomic mass is 16.3. The second-order valence-electron chi connectivity index (χ2n) is 11.9. The van der Waals surface area contributed by atoms with Crippen molar-refractivity contribution in [3.05, 3.63) is 78.2 Å². The third-order valence-corrected chi connectivity index (χ3v) is 10.2. The lowest BCUT2D eigenvalue weighted by Crippen LogP contribution is -2.49. The van der Waals surface area contributed by atoms with Crippen molar-refractivity contribution in [1.82, 2.24) is 14.9 Å². The molecule has 4 aliphatic carbocycles. The summed E-state index contributed by atoms with van der Waals surface area (Å²) < 4.78 is 2.24. The monoisotopic (exact) mass is 481 g/mol. The molecule has 8 rings (SSSR count). The van der Waals surface area contributed by atoms with Gasteiger partial charge in [-0.15, -0.1) is 0 Å². The summed E-state index contributed by atoms with van der Waals surface area (Å²) in [6, 6.07) is 19.1. The summed E-state index contributed by atoms with van der Waals surface area (Å²) in [7, 11) is 0. The van der Waals surface area contributed by atoms with Gasteiger partial charge in [-0.25, -0.2) is 4.98 Å². The van der Waals surface area contributed by atoms with Gasteiger partial charge in [-0.05, 0) is 74.3 Å². The van der Waals surface area contributed by atoms with Crippen molar-refractivity contribution in [2.75, 3.05) is 0 Å². The molecule has 5 heteroatoms. The minimum Gasteiger partial charge on any atom is -0.392 e. The zero-order valence-electron chi connectivity index (χ0n) is 20.8. The third-order valence-electron chi connectivity index (χ3n) is 10.2.